The van der Waals surface area contributed by atoms with E-state index in [4.69, 9.17) is 0 Å². The standard InChI is InChI=1S/C12H11Br2N3S/c1-2-4-10-16-9(14)7-11(17-10)18-12-8(13)5-3-6-15-12/h3,5-7H,2,4H2,1H3. The van der Waals surface area contributed by atoms with Gasteiger partial charge in [-0.25, -0.2) is 15.0 Å². The van der Waals surface area contributed by atoms with E-state index in [1.807, 2.05) is 18.2 Å². The number of nitrogens with zero attached hydrogens (tertiary/aromatic N) is 3. The van der Waals surface area contributed by atoms with E-state index in [-0.39, 0.29) is 0 Å². The van der Waals surface area contributed by atoms with Crippen LogP contribution in [0.4, 0.5) is 0 Å². The molecule has 0 N–H and O–H groups in total. The zero-order valence-electron chi connectivity index (χ0n) is 9.73. The highest BCUT2D eigenvalue weighted by Gasteiger charge is 2.07. The molecule has 2 aromatic heterocycles. The van der Waals surface area contributed by atoms with Crippen LogP contribution in [-0.2, 0) is 6.42 Å². The van der Waals surface area contributed by atoms with E-state index >= 15 is 0 Å². The van der Waals surface area contributed by atoms with Crippen molar-refractivity contribution in [2.24, 2.45) is 0 Å². The molecule has 94 valence electrons. The zero-order chi connectivity index (χ0) is 13.0. The Balaban J connectivity index is 2.26. The Kier molecular flexibility index (Phi) is 5.14. The predicted octanol–water partition coefficient (Wildman–Crippen LogP) is 4.50. The van der Waals surface area contributed by atoms with Crippen LogP contribution in [0.15, 0.2) is 43.5 Å². The molecular formula is C12H11Br2N3S. The quantitative estimate of drug-likeness (QED) is 0.722. The molecule has 0 atom stereocenters. The van der Waals surface area contributed by atoms with Gasteiger partial charge in [-0.15, -0.1) is 0 Å². The van der Waals surface area contributed by atoms with Crippen LogP contribution in [0.3, 0.4) is 0 Å². The fraction of sp³-hybridized carbons (Fsp3) is 0.250. The van der Waals surface area contributed by atoms with E-state index in [1.54, 1.807) is 6.20 Å². The summed E-state index contributed by atoms with van der Waals surface area (Å²) in [7, 11) is 0. The Labute approximate surface area is 127 Å². The Morgan fingerprint density at radius 1 is 1.28 bits per heavy atom. The Morgan fingerprint density at radius 3 is 2.83 bits per heavy atom. The molecule has 0 amide bonds. The van der Waals surface area contributed by atoms with Gasteiger partial charge in [0.1, 0.15) is 20.5 Å². The summed E-state index contributed by atoms with van der Waals surface area (Å²) in [5.74, 6) is 0.862. The van der Waals surface area contributed by atoms with Crippen LogP contribution in [0.1, 0.15) is 19.2 Å². The largest absolute Gasteiger partial charge is 0.248 e. The number of halogens is 2. The minimum Gasteiger partial charge on any atom is -0.248 e. The van der Waals surface area contributed by atoms with Gasteiger partial charge in [0.15, 0.2) is 0 Å². The number of hydrogen-bond donors (Lipinski definition) is 0. The topological polar surface area (TPSA) is 38.7 Å². The second kappa shape index (κ2) is 6.63. The summed E-state index contributed by atoms with van der Waals surface area (Å²) < 4.78 is 1.79. The van der Waals surface area contributed by atoms with Crippen molar-refractivity contribution in [3.05, 3.63) is 39.3 Å². The first-order valence-electron chi connectivity index (χ1n) is 5.51. The van der Waals surface area contributed by atoms with Crippen LogP contribution in [0.2, 0.25) is 0 Å². The van der Waals surface area contributed by atoms with Crippen molar-refractivity contribution in [2.75, 3.05) is 0 Å². The third-order valence-corrected chi connectivity index (χ3v) is 4.36. The molecule has 2 rings (SSSR count). The van der Waals surface area contributed by atoms with E-state index in [1.165, 1.54) is 11.8 Å². The normalized spacial score (nSPS) is 10.6. The van der Waals surface area contributed by atoms with Gasteiger partial charge in [0, 0.05) is 18.7 Å². The maximum atomic E-state index is 4.52. The van der Waals surface area contributed by atoms with Gasteiger partial charge in [0.05, 0.1) is 4.47 Å². The molecule has 0 aliphatic rings. The van der Waals surface area contributed by atoms with Crippen LogP contribution in [0.25, 0.3) is 0 Å². The highest BCUT2D eigenvalue weighted by molar-refractivity contribution is 9.10. The first-order chi connectivity index (χ1) is 8.69. The lowest BCUT2D eigenvalue weighted by atomic mass is 10.3. The van der Waals surface area contributed by atoms with Gasteiger partial charge >= 0.3 is 0 Å². The van der Waals surface area contributed by atoms with Crippen LogP contribution in [0.5, 0.6) is 0 Å². The molecule has 0 aromatic carbocycles. The molecule has 2 aromatic rings. The molecule has 2 heterocycles. The molecule has 3 nitrogen and oxygen atoms in total. The van der Waals surface area contributed by atoms with Crippen molar-refractivity contribution in [1.82, 2.24) is 15.0 Å². The smallest absolute Gasteiger partial charge is 0.130 e. The SMILES string of the molecule is CCCc1nc(Br)cc(Sc2ncccc2Br)n1. The minimum atomic E-state index is 0.815. The predicted molar refractivity (Wildman–Crippen MR) is 79.8 cm³/mol. The van der Waals surface area contributed by atoms with Crippen LogP contribution >= 0.6 is 43.6 Å². The molecule has 0 fully saturated rings. The summed E-state index contributed by atoms with van der Waals surface area (Å²) in [6.45, 7) is 2.12. The average Bonchev–Trinajstić information content (AvgIpc) is 2.32. The summed E-state index contributed by atoms with van der Waals surface area (Å²) >= 11 is 8.43. The number of aryl methyl sites for hydroxylation is 1. The number of pyridine rings is 1. The molecule has 0 unspecified atom stereocenters. The highest BCUT2D eigenvalue weighted by atomic mass is 79.9. The third kappa shape index (κ3) is 3.76. The van der Waals surface area contributed by atoms with Gasteiger partial charge in [0.25, 0.3) is 0 Å². The van der Waals surface area contributed by atoms with Gasteiger partial charge in [-0.3, -0.25) is 0 Å². The lowest BCUT2D eigenvalue weighted by molar-refractivity contribution is 0.802. The van der Waals surface area contributed by atoms with Crippen molar-refractivity contribution in [2.45, 2.75) is 29.8 Å². The van der Waals surface area contributed by atoms with E-state index in [2.05, 4.69) is 53.7 Å². The molecule has 0 radical (unpaired) electrons. The Morgan fingerprint density at radius 2 is 2.11 bits per heavy atom. The lowest BCUT2D eigenvalue weighted by Gasteiger charge is -2.05. The van der Waals surface area contributed by atoms with Crippen molar-refractivity contribution < 1.29 is 0 Å². The van der Waals surface area contributed by atoms with Crippen LogP contribution in [0, 0.1) is 0 Å². The molecule has 0 saturated carbocycles. The monoisotopic (exact) mass is 387 g/mol. The van der Waals surface area contributed by atoms with Crippen molar-refractivity contribution in [3.63, 3.8) is 0 Å². The highest BCUT2D eigenvalue weighted by Crippen LogP contribution is 2.31. The first kappa shape index (κ1) is 14.0. The second-order valence-electron chi connectivity index (χ2n) is 3.59. The molecular weight excluding hydrogens is 378 g/mol. The molecule has 0 saturated heterocycles. The Bertz CT molecular complexity index is 549. The first-order valence-corrected chi connectivity index (χ1v) is 7.91. The summed E-state index contributed by atoms with van der Waals surface area (Å²) in [6.07, 6.45) is 3.69. The van der Waals surface area contributed by atoms with Gasteiger partial charge in [0.2, 0.25) is 0 Å². The lowest BCUT2D eigenvalue weighted by Crippen LogP contribution is -1.96. The number of rotatable bonds is 4. The van der Waals surface area contributed by atoms with Crippen LogP contribution in [-0.4, -0.2) is 15.0 Å². The zero-order valence-corrected chi connectivity index (χ0v) is 13.7. The molecule has 18 heavy (non-hydrogen) atoms. The van der Waals surface area contributed by atoms with E-state index < -0.39 is 0 Å². The van der Waals surface area contributed by atoms with Gasteiger partial charge in [-0.05, 0) is 62.2 Å². The van der Waals surface area contributed by atoms with E-state index in [0.29, 0.717) is 0 Å². The van der Waals surface area contributed by atoms with Gasteiger partial charge < -0.3 is 0 Å². The fourth-order valence-corrected chi connectivity index (χ4v) is 3.24. The van der Waals surface area contributed by atoms with Crippen LogP contribution < -0.4 is 0 Å². The molecule has 0 bridgehead atoms. The summed E-state index contributed by atoms with van der Waals surface area (Å²) in [6, 6.07) is 5.77. The number of hydrogen-bond acceptors (Lipinski definition) is 4. The van der Waals surface area contributed by atoms with E-state index in [9.17, 15) is 0 Å². The Hall–Kier alpha value is -0.460. The van der Waals surface area contributed by atoms with Gasteiger partial charge in [-0.2, -0.15) is 0 Å². The third-order valence-electron chi connectivity index (χ3n) is 2.12. The summed E-state index contributed by atoms with van der Waals surface area (Å²) in [4.78, 5) is 13.2. The minimum absolute atomic E-state index is 0.815. The maximum absolute atomic E-state index is 4.52. The molecule has 0 spiro atoms. The van der Waals surface area contributed by atoms with Crippen molar-refractivity contribution in [1.29, 1.82) is 0 Å². The number of aromatic nitrogens is 3. The van der Waals surface area contributed by atoms with E-state index in [0.717, 1.165) is 37.8 Å². The van der Waals surface area contributed by atoms with Crippen molar-refractivity contribution >= 4 is 43.6 Å². The summed E-state index contributed by atoms with van der Waals surface area (Å²) in [5, 5.41) is 1.81. The summed E-state index contributed by atoms with van der Waals surface area (Å²) in [5.41, 5.74) is 0. The van der Waals surface area contributed by atoms with Gasteiger partial charge in [-0.1, -0.05) is 6.92 Å². The molecule has 0 aliphatic carbocycles. The second-order valence-corrected chi connectivity index (χ2v) is 6.26. The fourth-order valence-electron chi connectivity index (χ4n) is 1.37. The molecule has 0 aliphatic heterocycles. The average molecular weight is 389 g/mol. The van der Waals surface area contributed by atoms with Crippen molar-refractivity contribution in [3.8, 4) is 0 Å². The maximum Gasteiger partial charge on any atom is 0.130 e. The molecule has 6 heteroatoms.